The van der Waals surface area contributed by atoms with Crippen LogP contribution in [-0.2, 0) is 0 Å². The molecule has 0 fully saturated rings. The highest BCUT2D eigenvalue weighted by atomic mass is 15.2. The number of fused-ring (bicyclic) bond motifs is 2. The van der Waals surface area contributed by atoms with Crippen molar-refractivity contribution in [1.82, 2.24) is 14.9 Å². The van der Waals surface area contributed by atoms with Crippen LogP contribution < -0.4 is 10.6 Å². The van der Waals surface area contributed by atoms with Crippen LogP contribution in [0.25, 0.3) is 11.0 Å². The summed E-state index contributed by atoms with van der Waals surface area (Å²) in [6.07, 6.45) is 2.24. The molecule has 3 rings (SSSR count). The molecule has 1 aliphatic heterocycles. The van der Waals surface area contributed by atoms with Gasteiger partial charge in [0.25, 0.3) is 0 Å². The van der Waals surface area contributed by atoms with E-state index in [1.54, 1.807) is 0 Å². The minimum Gasteiger partial charge on any atom is -0.370 e. The molecule has 1 aliphatic rings. The van der Waals surface area contributed by atoms with Crippen molar-refractivity contribution in [3.8, 4) is 0 Å². The molecule has 0 amide bonds. The zero-order valence-electron chi connectivity index (χ0n) is 11.4. The molecule has 0 saturated heterocycles. The molecule has 18 heavy (non-hydrogen) atoms. The number of hydrogen-bond acceptors (Lipinski definition) is 3. The first kappa shape index (κ1) is 11.5. The molecule has 0 bridgehead atoms. The number of aromatic nitrogens is 2. The summed E-state index contributed by atoms with van der Waals surface area (Å²) in [4.78, 5) is 4.51. The van der Waals surface area contributed by atoms with Crippen LogP contribution in [0.1, 0.15) is 45.3 Å². The van der Waals surface area contributed by atoms with Crippen molar-refractivity contribution >= 4 is 16.7 Å². The summed E-state index contributed by atoms with van der Waals surface area (Å²) in [7, 11) is 0. The van der Waals surface area contributed by atoms with Gasteiger partial charge in [-0.1, -0.05) is 0 Å². The van der Waals surface area contributed by atoms with Crippen molar-refractivity contribution in [2.75, 3.05) is 5.32 Å². The summed E-state index contributed by atoms with van der Waals surface area (Å²) in [5.41, 5.74) is 4.81. The van der Waals surface area contributed by atoms with Gasteiger partial charge >= 0.3 is 0 Å². The normalized spacial score (nSPS) is 23.2. The van der Waals surface area contributed by atoms with Gasteiger partial charge in [0, 0.05) is 17.8 Å². The zero-order chi connectivity index (χ0) is 12.9. The lowest BCUT2D eigenvalue weighted by Gasteiger charge is -2.31. The minimum absolute atomic E-state index is 0.306. The number of benzene rings is 1. The van der Waals surface area contributed by atoms with Crippen molar-refractivity contribution in [2.24, 2.45) is 0 Å². The minimum atomic E-state index is 0.306. The second-order valence-corrected chi connectivity index (χ2v) is 5.43. The molecule has 4 nitrogen and oxygen atoms in total. The van der Waals surface area contributed by atoms with Gasteiger partial charge < -0.3 is 9.88 Å². The Morgan fingerprint density at radius 1 is 1.28 bits per heavy atom. The summed E-state index contributed by atoms with van der Waals surface area (Å²) >= 11 is 0. The summed E-state index contributed by atoms with van der Waals surface area (Å²) in [6, 6.07) is 5.22. The smallest absolute Gasteiger partial charge is 0.0960 e. The van der Waals surface area contributed by atoms with Gasteiger partial charge in [0.15, 0.2) is 0 Å². The number of rotatable bonds is 1. The summed E-state index contributed by atoms with van der Waals surface area (Å²) in [5, 5.41) is 6.97. The van der Waals surface area contributed by atoms with Gasteiger partial charge in [-0.3, -0.25) is 5.32 Å². The lowest BCUT2D eigenvalue weighted by molar-refractivity contribution is 0.496. The fourth-order valence-corrected chi connectivity index (χ4v) is 2.72. The van der Waals surface area contributed by atoms with Crippen molar-refractivity contribution < 1.29 is 0 Å². The fraction of sp³-hybridized carbons (Fsp3) is 0.500. The molecule has 1 aromatic carbocycles. The molecule has 2 unspecified atom stereocenters. The summed E-state index contributed by atoms with van der Waals surface area (Å²) < 4.78 is 2.22. The van der Waals surface area contributed by atoms with Crippen LogP contribution in [0.5, 0.6) is 0 Å². The Hall–Kier alpha value is -1.55. The maximum Gasteiger partial charge on any atom is 0.0960 e. The van der Waals surface area contributed by atoms with Crippen molar-refractivity contribution in [3.63, 3.8) is 0 Å². The Bertz CT molecular complexity index is 585. The maximum atomic E-state index is 4.51. The third-order valence-electron chi connectivity index (χ3n) is 3.64. The predicted octanol–water partition coefficient (Wildman–Crippen LogP) is 3.04. The maximum absolute atomic E-state index is 4.51. The van der Waals surface area contributed by atoms with Crippen molar-refractivity contribution in [3.05, 3.63) is 24.0 Å². The van der Waals surface area contributed by atoms with E-state index in [1.165, 1.54) is 16.8 Å². The van der Waals surface area contributed by atoms with Gasteiger partial charge in [-0.05, 0) is 45.4 Å². The van der Waals surface area contributed by atoms with E-state index in [1.807, 2.05) is 6.33 Å². The number of nitrogens with one attached hydrogen (secondary N) is 2. The number of hydrogen-bond donors (Lipinski definition) is 2. The highest BCUT2D eigenvalue weighted by molar-refractivity contribution is 5.82. The van der Waals surface area contributed by atoms with Crippen molar-refractivity contribution in [1.29, 1.82) is 0 Å². The van der Waals surface area contributed by atoms with E-state index in [0.29, 0.717) is 18.2 Å². The van der Waals surface area contributed by atoms with E-state index in [-0.39, 0.29) is 0 Å². The Kier molecular flexibility index (Phi) is 2.55. The lowest BCUT2D eigenvalue weighted by Crippen LogP contribution is -2.39. The fourth-order valence-electron chi connectivity index (χ4n) is 2.72. The van der Waals surface area contributed by atoms with E-state index in [9.17, 15) is 0 Å². The molecule has 2 heterocycles. The highest BCUT2D eigenvalue weighted by Crippen LogP contribution is 2.32. The molecule has 2 aromatic rings. The van der Waals surface area contributed by atoms with Crippen LogP contribution in [0.2, 0.25) is 0 Å². The Labute approximate surface area is 107 Å². The SMILES string of the molecule is CC1Nc2cc3c(cc2C(C)N1)ncn3C(C)C. The molecular formula is C14H20N4. The molecule has 96 valence electrons. The zero-order valence-corrected chi connectivity index (χ0v) is 11.4. The topological polar surface area (TPSA) is 41.9 Å². The molecule has 4 heteroatoms. The predicted molar refractivity (Wildman–Crippen MR) is 74.8 cm³/mol. The Morgan fingerprint density at radius 3 is 2.78 bits per heavy atom. The Morgan fingerprint density at radius 2 is 2.06 bits per heavy atom. The standard InChI is InChI=1S/C14H20N4/c1-8(2)18-7-15-13-5-11-9(3)16-10(4)17-12(11)6-14(13)18/h5-10,16-17H,1-4H3. The quantitative estimate of drug-likeness (QED) is 0.810. The summed E-state index contributed by atoms with van der Waals surface area (Å²) in [5.74, 6) is 0. The highest BCUT2D eigenvalue weighted by Gasteiger charge is 2.21. The van der Waals surface area contributed by atoms with Crippen LogP contribution >= 0.6 is 0 Å². The van der Waals surface area contributed by atoms with Crippen molar-refractivity contribution in [2.45, 2.75) is 45.9 Å². The first-order valence-electron chi connectivity index (χ1n) is 6.59. The van der Waals surface area contributed by atoms with Gasteiger partial charge in [-0.25, -0.2) is 4.98 Å². The second-order valence-electron chi connectivity index (χ2n) is 5.43. The van der Waals surface area contributed by atoms with Gasteiger partial charge in [-0.2, -0.15) is 0 Å². The number of imidazole rings is 1. The van der Waals surface area contributed by atoms with Crippen LogP contribution in [0.15, 0.2) is 18.5 Å². The Balaban J connectivity index is 2.19. The van der Waals surface area contributed by atoms with E-state index in [2.05, 4.69) is 60.0 Å². The molecule has 0 saturated carbocycles. The van der Waals surface area contributed by atoms with Gasteiger partial charge in [0.05, 0.1) is 23.5 Å². The molecule has 0 spiro atoms. The number of nitrogens with zero attached hydrogens (tertiary/aromatic N) is 2. The largest absolute Gasteiger partial charge is 0.370 e. The van der Waals surface area contributed by atoms with Crippen LogP contribution in [0, 0.1) is 0 Å². The third kappa shape index (κ3) is 1.68. The number of anilines is 1. The van der Waals surface area contributed by atoms with E-state index >= 15 is 0 Å². The van der Waals surface area contributed by atoms with Crippen LogP contribution in [0.4, 0.5) is 5.69 Å². The van der Waals surface area contributed by atoms with Gasteiger partial charge in [0.2, 0.25) is 0 Å². The molecule has 0 aliphatic carbocycles. The first-order chi connectivity index (χ1) is 8.56. The van der Waals surface area contributed by atoms with E-state index in [4.69, 9.17) is 0 Å². The van der Waals surface area contributed by atoms with Crippen LogP contribution in [-0.4, -0.2) is 15.7 Å². The second kappa shape index (κ2) is 3.99. The first-order valence-corrected chi connectivity index (χ1v) is 6.59. The molecule has 2 N–H and O–H groups in total. The average Bonchev–Trinajstić information content (AvgIpc) is 2.69. The van der Waals surface area contributed by atoms with Gasteiger partial charge in [-0.15, -0.1) is 0 Å². The van der Waals surface area contributed by atoms with E-state index < -0.39 is 0 Å². The van der Waals surface area contributed by atoms with Crippen LogP contribution in [0.3, 0.4) is 0 Å². The molecule has 2 atom stereocenters. The summed E-state index contributed by atoms with van der Waals surface area (Å²) in [6.45, 7) is 8.70. The molecule has 1 aromatic heterocycles. The molecule has 0 radical (unpaired) electrons. The molecular weight excluding hydrogens is 224 g/mol. The monoisotopic (exact) mass is 244 g/mol. The van der Waals surface area contributed by atoms with E-state index in [0.717, 1.165) is 5.52 Å². The average molecular weight is 244 g/mol. The third-order valence-corrected chi connectivity index (χ3v) is 3.64. The van der Waals surface area contributed by atoms with Gasteiger partial charge in [0.1, 0.15) is 0 Å². The lowest BCUT2D eigenvalue weighted by atomic mass is 10.0.